The molecule has 0 aromatic rings. The van der Waals surface area contributed by atoms with Crippen LogP contribution in [0.4, 0.5) is 0 Å². The van der Waals surface area contributed by atoms with Crippen LogP contribution in [0.5, 0.6) is 0 Å². The van der Waals surface area contributed by atoms with Gasteiger partial charge in [0, 0.05) is 13.2 Å². The fourth-order valence-corrected chi connectivity index (χ4v) is 1.44. The summed E-state index contributed by atoms with van der Waals surface area (Å²) in [5.41, 5.74) is 0. The summed E-state index contributed by atoms with van der Waals surface area (Å²) in [6, 6.07) is 0. The van der Waals surface area contributed by atoms with Crippen LogP contribution in [-0.4, -0.2) is 13.2 Å². The monoisotopic (exact) mass is 142 g/mol. The molecule has 1 heteroatoms. The fraction of sp³-hybridized carbons (Fsp3) is 1.00. The van der Waals surface area contributed by atoms with Crippen molar-refractivity contribution in [3.8, 4) is 0 Å². The molecule has 0 amide bonds. The molecule has 1 fully saturated rings. The van der Waals surface area contributed by atoms with Crippen LogP contribution in [0.15, 0.2) is 0 Å². The lowest BCUT2D eigenvalue weighted by atomic mass is 9.98. The van der Waals surface area contributed by atoms with Gasteiger partial charge in [-0.1, -0.05) is 20.3 Å². The van der Waals surface area contributed by atoms with Crippen LogP contribution in [0.1, 0.15) is 33.1 Å². The lowest BCUT2D eigenvalue weighted by Gasteiger charge is -2.08. The van der Waals surface area contributed by atoms with E-state index in [-0.39, 0.29) is 0 Å². The summed E-state index contributed by atoms with van der Waals surface area (Å²) in [5.74, 6) is 1.63. The van der Waals surface area contributed by atoms with Crippen LogP contribution in [0, 0.1) is 11.8 Å². The predicted molar refractivity (Wildman–Crippen MR) is 43.0 cm³/mol. The first-order valence-electron chi connectivity index (χ1n) is 4.40. The van der Waals surface area contributed by atoms with Gasteiger partial charge in [-0.15, -0.1) is 0 Å². The van der Waals surface area contributed by atoms with Crippen molar-refractivity contribution in [3.63, 3.8) is 0 Å². The van der Waals surface area contributed by atoms with Gasteiger partial charge in [-0.2, -0.15) is 0 Å². The van der Waals surface area contributed by atoms with E-state index >= 15 is 0 Å². The lowest BCUT2D eigenvalue weighted by Crippen LogP contribution is -2.05. The average Bonchev–Trinajstić information content (AvgIpc) is 2.14. The second kappa shape index (κ2) is 3.97. The van der Waals surface area contributed by atoms with Crippen LogP contribution in [0.2, 0.25) is 0 Å². The van der Waals surface area contributed by atoms with Gasteiger partial charge in [0.25, 0.3) is 0 Å². The average molecular weight is 142 g/mol. The molecule has 0 spiro atoms. The highest BCUT2D eigenvalue weighted by Gasteiger charge is 2.14. The minimum atomic E-state index is 0.788. The van der Waals surface area contributed by atoms with E-state index in [2.05, 4.69) is 13.8 Å². The van der Waals surface area contributed by atoms with E-state index in [1.807, 2.05) is 0 Å². The first-order valence-corrected chi connectivity index (χ1v) is 4.40. The lowest BCUT2D eigenvalue weighted by molar-refractivity contribution is 0.0975. The first-order chi connectivity index (χ1) is 4.83. The van der Waals surface area contributed by atoms with Crippen molar-refractivity contribution >= 4 is 0 Å². The second-order valence-corrected chi connectivity index (χ2v) is 3.49. The molecule has 10 heavy (non-hydrogen) atoms. The van der Waals surface area contributed by atoms with Crippen molar-refractivity contribution in [3.05, 3.63) is 0 Å². The van der Waals surface area contributed by atoms with Gasteiger partial charge >= 0.3 is 0 Å². The normalized spacial score (nSPS) is 35.4. The van der Waals surface area contributed by atoms with Crippen molar-refractivity contribution in [2.75, 3.05) is 13.2 Å². The smallest absolute Gasteiger partial charge is 0.0494 e. The molecular formula is C9H18O. The number of hydrogen-bond acceptors (Lipinski definition) is 1. The summed E-state index contributed by atoms with van der Waals surface area (Å²) in [5, 5.41) is 0. The molecule has 2 unspecified atom stereocenters. The molecule has 0 N–H and O–H groups in total. The Balaban J connectivity index is 2.26. The summed E-state index contributed by atoms with van der Waals surface area (Å²) >= 11 is 0. The summed E-state index contributed by atoms with van der Waals surface area (Å²) in [7, 11) is 0. The molecule has 0 saturated carbocycles. The quantitative estimate of drug-likeness (QED) is 0.546. The van der Waals surface area contributed by atoms with Crippen LogP contribution in [0.3, 0.4) is 0 Å². The first kappa shape index (κ1) is 8.06. The van der Waals surface area contributed by atoms with Crippen molar-refractivity contribution < 1.29 is 4.74 Å². The Hall–Kier alpha value is -0.0400. The zero-order chi connectivity index (χ0) is 7.40. The van der Waals surface area contributed by atoms with E-state index in [0.29, 0.717) is 0 Å². The number of ether oxygens (including phenoxy) is 1. The van der Waals surface area contributed by atoms with E-state index in [4.69, 9.17) is 4.74 Å². The highest BCUT2D eigenvalue weighted by Crippen LogP contribution is 2.20. The number of hydrogen-bond donors (Lipinski definition) is 0. The van der Waals surface area contributed by atoms with E-state index in [1.165, 1.54) is 19.3 Å². The molecule has 0 radical (unpaired) electrons. The molecule has 1 heterocycles. The van der Waals surface area contributed by atoms with Crippen molar-refractivity contribution in [2.24, 2.45) is 11.8 Å². The van der Waals surface area contributed by atoms with Gasteiger partial charge in [0.15, 0.2) is 0 Å². The van der Waals surface area contributed by atoms with Gasteiger partial charge < -0.3 is 4.74 Å². The molecular weight excluding hydrogens is 124 g/mol. The minimum absolute atomic E-state index is 0.788. The van der Waals surface area contributed by atoms with E-state index in [0.717, 1.165) is 25.0 Å². The van der Waals surface area contributed by atoms with Gasteiger partial charge in [-0.25, -0.2) is 0 Å². The molecule has 1 rings (SSSR count). The van der Waals surface area contributed by atoms with Crippen LogP contribution in [0.25, 0.3) is 0 Å². The van der Waals surface area contributed by atoms with Gasteiger partial charge in [-0.05, 0) is 24.7 Å². The Labute approximate surface area is 63.8 Å². The molecule has 0 bridgehead atoms. The minimum Gasteiger partial charge on any atom is -0.381 e. The predicted octanol–water partition coefficient (Wildman–Crippen LogP) is 2.46. The Bertz CT molecular complexity index is 90.7. The molecule has 1 nitrogen and oxygen atoms in total. The third-order valence-corrected chi connectivity index (χ3v) is 2.40. The Kier molecular flexibility index (Phi) is 3.20. The summed E-state index contributed by atoms with van der Waals surface area (Å²) < 4.78 is 5.51. The molecule has 1 saturated heterocycles. The summed E-state index contributed by atoms with van der Waals surface area (Å²) in [6.45, 7) is 6.51. The molecule has 60 valence electrons. The maximum absolute atomic E-state index is 5.51. The van der Waals surface area contributed by atoms with Gasteiger partial charge in [0.1, 0.15) is 0 Å². The fourth-order valence-electron chi connectivity index (χ4n) is 1.44. The topological polar surface area (TPSA) is 9.23 Å². The van der Waals surface area contributed by atoms with Crippen LogP contribution >= 0.6 is 0 Å². The Morgan fingerprint density at radius 1 is 1.30 bits per heavy atom. The van der Waals surface area contributed by atoms with Gasteiger partial charge in [-0.3, -0.25) is 0 Å². The standard InChI is InChI=1S/C9H18O/c1-3-9-5-4-8(2)6-10-7-9/h8-9H,3-7H2,1-2H3. The highest BCUT2D eigenvalue weighted by atomic mass is 16.5. The molecule has 1 aliphatic rings. The van der Waals surface area contributed by atoms with E-state index in [9.17, 15) is 0 Å². The third kappa shape index (κ3) is 2.30. The SMILES string of the molecule is CCC1CCC(C)COC1. The third-order valence-electron chi connectivity index (χ3n) is 2.40. The summed E-state index contributed by atoms with van der Waals surface area (Å²) in [4.78, 5) is 0. The molecule has 1 aliphatic heterocycles. The largest absolute Gasteiger partial charge is 0.381 e. The number of rotatable bonds is 1. The van der Waals surface area contributed by atoms with E-state index < -0.39 is 0 Å². The molecule has 0 aromatic carbocycles. The van der Waals surface area contributed by atoms with Crippen molar-refractivity contribution in [1.29, 1.82) is 0 Å². The summed E-state index contributed by atoms with van der Waals surface area (Å²) in [6.07, 6.45) is 4.02. The second-order valence-electron chi connectivity index (χ2n) is 3.49. The van der Waals surface area contributed by atoms with E-state index in [1.54, 1.807) is 0 Å². The molecule has 0 aromatic heterocycles. The molecule has 2 atom stereocenters. The zero-order valence-corrected chi connectivity index (χ0v) is 7.10. The van der Waals surface area contributed by atoms with Crippen molar-refractivity contribution in [2.45, 2.75) is 33.1 Å². The van der Waals surface area contributed by atoms with Crippen LogP contribution < -0.4 is 0 Å². The Morgan fingerprint density at radius 3 is 2.80 bits per heavy atom. The van der Waals surface area contributed by atoms with Crippen molar-refractivity contribution in [1.82, 2.24) is 0 Å². The van der Waals surface area contributed by atoms with Gasteiger partial charge in [0.05, 0.1) is 0 Å². The Morgan fingerprint density at radius 2 is 2.10 bits per heavy atom. The highest BCUT2D eigenvalue weighted by molar-refractivity contribution is 4.63. The molecule has 0 aliphatic carbocycles. The maximum Gasteiger partial charge on any atom is 0.0494 e. The van der Waals surface area contributed by atoms with Crippen LogP contribution in [-0.2, 0) is 4.74 Å². The van der Waals surface area contributed by atoms with Gasteiger partial charge in [0.2, 0.25) is 0 Å². The zero-order valence-electron chi connectivity index (χ0n) is 7.10. The maximum atomic E-state index is 5.51.